The molecule has 2 atom stereocenters. The second kappa shape index (κ2) is 8.88. The van der Waals surface area contributed by atoms with Crippen LogP contribution in [0.5, 0.6) is 0 Å². The van der Waals surface area contributed by atoms with Crippen molar-refractivity contribution < 1.29 is 32.7 Å². The molecule has 0 saturated carbocycles. The van der Waals surface area contributed by atoms with E-state index in [1.807, 2.05) is 26.8 Å². The second-order valence-corrected chi connectivity index (χ2v) is 7.48. The number of carboxylic acid groups (broad SMARTS) is 1. The molecule has 164 valence electrons. The maximum Gasteiger partial charge on any atom is 0.490 e. The smallest absolute Gasteiger partial charge is 0.475 e. The van der Waals surface area contributed by atoms with Gasteiger partial charge in [0.25, 0.3) is 0 Å². The van der Waals surface area contributed by atoms with Gasteiger partial charge in [-0.2, -0.15) is 13.2 Å². The van der Waals surface area contributed by atoms with Crippen LogP contribution in [-0.2, 0) is 16.1 Å². The Morgan fingerprint density at radius 2 is 1.70 bits per heavy atom. The van der Waals surface area contributed by atoms with Crippen molar-refractivity contribution in [2.24, 2.45) is 0 Å². The summed E-state index contributed by atoms with van der Waals surface area (Å²) in [6.45, 7) is 3.11. The highest BCUT2D eigenvalue weighted by Crippen LogP contribution is 2.34. The van der Waals surface area contributed by atoms with Crippen molar-refractivity contribution in [1.29, 1.82) is 0 Å². The summed E-state index contributed by atoms with van der Waals surface area (Å²) in [7, 11) is 0. The number of hydrogen-bond donors (Lipinski definition) is 1. The number of pyridine rings is 1. The molecule has 0 spiro atoms. The molecule has 8 nitrogen and oxygen atoms in total. The number of hydrogen-bond acceptors (Lipinski definition) is 4. The Balaban J connectivity index is 0.000000318. The zero-order chi connectivity index (χ0) is 21.9. The summed E-state index contributed by atoms with van der Waals surface area (Å²) in [5.74, 6) is -2.59. The molecule has 0 aromatic carbocycles. The van der Waals surface area contributed by atoms with Gasteiger partial charge in [0.15, 0.2) is 0 Å². The van der Waals surface area contributed by atoms with Gasteiger partial charge in [0.1, 0.15) is 0 Å². The van der Waals surface area contributed by atoms with Gasteiger partial charge in [-0.05, 0) is 37.0 Å². The number of urea groups is 1. The Morgan fingerprint density at radius 1 is 1.10 bits per heavy atom. The van der Waals surface area contributed by atoms with Gasteiger partial charge in [-0.1, -0.05) is 0 Å². The predicted molar refractivity (Wildman–Crippen MR) is 98.2 cm³/mol. The number of carbonyl (C=O) groups excluding carboxylic acids is 2. The summed E-state index contributed by atoms with van der Waals surface area (Å²) in [4.78, 5) is 43.9. The molecule has 4 rings (SSSR count). The minimum absolute atomic E-state index is 0.0532. The molecule has 3 fully saturated rings. The summed E-state index contributed by atoms with van der Waals surface area (Å²) in [5, 5.41) is 7.12. The molecule has 4 heterocycles. The summed E-state index contributed by atoms with van der Waals surface area (Å²) in [6, 6.07) is 4.25. The molecular weight excluding hydrogens is 405 g/mol. The van der Waals surface area contributed by atoms with Crippen LogP contribution in [-0.4, -0.2) is 80.6 Å². The summed E-state index contributed by atoms with van der Waals surface area (Å²) in [5.41, 5.74) is 1.10. The molecule has 0 bridgehead atoms. The molecule has 11 heteroatoms. The molecule has 30 heavy (non-hydrogen) atoms. The van der Waals surface area contributed by atoms with Crippen molar-refractivity contribution in [3.8, 4) is 0 Å². The van der Waals surface area contributed by atoms with Crippen LogP contribution in [0, 0.1) is 0 Å². The van der Waals surface area contributed by atoms with Crippen molar-refractivity contribution >= 4 is 17.9 Å². The predicted octanol–water partition coefficient (Wildman–Crippen LogP) is 2.11. The van der Waals surface area contributed by atoms with E-state index in [4.69, 9.17) is 9.90 Å². The molecule has 1 aromatic rings. The van der Waals surface area contributed by atoms with E-state index in [0.717, 1.165) is 44.5 Å². The van der Waals surface area contributed by atoms with Gasteiger partial charge in [-0.15, -0.1) is 0 Å². The molecule has 1 aromatic heterocycles. The lowest BCUT2D eigenvalue weighted by molar-refractivity contribution is -0.192. The van der Waals surface area contributed by atoms with Gasteiger partial charge in [0.05, 0.1) is 12.1 Å². The van der Waals surface area contributed by atoms with Crippen LogP contribution in [0.2, 0.25) is 0 Å². The van der Waals surface area contributed by atoms with Crippen molar-refractivity contribution in [2.45, 2.75) is 50.5 Å². The minimum atomic E-state index is -5.08. The average molecular weight is 428 g/mol. The molecule has 3 saturated heterocycles. The number of rotatable bonds is 2. The van der Waals surface area contributed by atoms with Gasteiger partial charge in [-0.3, -0.25) is 9.78 Å². The number of halogens is 3. The number of fused-ring (bicyclic) bond motifs is 1. The first-order chi connectivity index (χ1) is 14.2. The second-order valence-electron chi connectivity index (χ2n) is 7.48. The van der Waals surface area contributed by atoms with Crippen molar-refractivity contribution in [3.63, 3.8) is 0 Å². The van der Waals surface area contributed by atoms with Crippen LogP contribution in [0.3, 0.4) is 0 Å². The Morgan fingerprint density at radius 3 is 2.27 bits per heavy atom. The highest BCUT2D eigenvalue weighted by molar-refractivity contribution is 5.83. The van der Waals surface area contributed by atoms with Crippen LogP contribution < -0.4 is 0 Å². The molecule has 0 unspecified atom stereocenters. The number of likely N-dealkylation sites (tertiary alicyclic amines) is 3. The summed E-state index contributed by atoms with van der Waals surface area (Å²) < 4.78 is 31.7. The zero-order valence-electron chi connectivity index (χ0n) is 16.2. The van der Waals surface area contributed by atoms with E-state index in [0.29, 0.717) is 13.0 Å². The fourth-order valence-electron chi connectivity index (χ4n) is 4.15. The molecule has 0 radical (unpaired) electrons. The van der Waals surface area contributed by atoms with Gasteiger partial charge in [-0.25, -0.2) is 9.59 Å². The van der Waals surface area contributed by atoms with E-state index >= 15 is 0 Å². The molecule has 3 amide bonds. The SMILES string of the molecule is O=C(N1CCCC1)N1CC[C@H]2[C@H]1CC(=O)N2Cc1ccncc1.O=C(O)C(F)(F)F. The van der Waals surface area contributed by atoms with Crippen LogP contribution in [0.1, 0.15) is 31.2 Å². The quantitative estimate of drug-likeness (QED) is 0.779. The topological polar surface area (TPSA) is 94.1 Å². The maximum atomic E-state index is 12.7. The van der Waals surface area contributed by atoms with Crippen LogP contribution in [0.4, 0.5) is 18.0 Å². The fraction of sp³-hybridized carbons (Fsp3) is 0.579. The van der Waals surface area contributed by atoms with Crippen LogP contribution in [0.25, 0.3) is 0 Å². The lowest BCUT2D eigenvalue weighted by Gasteiger charge is -2.28. The highest BCUT2D eigenvalue weighted by Gasteiger charge is 2.49. The Bertz CT molecular complexity index is 784. The van der Waals surface area contributed by atoms with Crippen molar-refractivity contribution in [3.05, 3.63) is 30.1 Å². The van der Waals surface area contributed by atoms with E-state index in [1.54, 1.807) is 12.4 Å². The third kappa shape index (κ3) is 4.82. The van der Waals surface area contributed by atoms with Gasteiger partial charge >= 0.3 is 18.2 Å². The third-order valence-electron chi connectivity index (χ3n) is 5.58. The van der Waals surface area contributed by atoms with E-state index < -0.39 is 12.1 Å². The van der Waals surface area contributed by atoms with Gasteiger partial charge in [0.2, 0.25) is 5.91 Å². The first-order valence-electron chi connectivity index (χ1n) is 9.72. The van der Waals surface area contributed by atoms with Crippen LogP contribution in [0.15, 0.2) is 24.5 Å². The molecule has 3 aliphatic heterocycles. The Kier molecular flexibility index (Phi) is 6.47. The molecule has 3 aliphatic rings. The van der Waals surface area contributed by atoms with Crippen molar-refractivity contribution in [2.75, 3.05) is 19.6 Å². The first kappa shape index (κ1) is 21.8. The largest absolute Gasteiger partial charge is 0.490 e. The number of nitrogens with zero attached hydrogens (tertiary/aromatic N) is 4. The standard InChI is InChI=1S/C17H22N4O2.C2HF3O2/c22-16-11-15-14(21(16)12-13-3-6-18-7-4-13)5-10-20(15)17(23)19-8-1-2-9-19;3-2(4,5)1(6)7/h3-4,6-7,14-15H,1-2,5,8-12H2;(H,6,7)/t14-,15+;/m0./s1. The summed E-state index contributed by atoms with van der Waals surface area (Å²) >= 11 is 0. The van der Waals surface area contributed by atoms with E-state index in [1.165, 1.54) is 0 Å². The van der Waals surface area contributed by atoms with Crippen molar-refractivity contribution in [1.82, 2.24) is 19.7 Å². The number of alkyl halides is 3. The zero-order valence-corrected chi connectivity index (χ0v) is 16.2. The van der Waals surface area contributed by atoms with E-state index in [9.17, 15) is 22.8 Å². The highest BCUT2D eigenvalue weighted by atomic mass is 19.4. The molecule has 0 aliphatic carbocycles. The Labute approximate surface area is 171 Å². The first-order valence-corrected chi connectivity index (χ1v) is 9.72. The average Bonchev–Trinajstić information content (AvgIpc) is 3.41. The molecule has 1 N–H and O–H groups in total. The lowest BCUT2D eigenvalue weighted by Crippen LogP contribution is -2.45. The minimum Gasteiger partial charge on any atom is -0.475 e. The van der Waals surface area contributed by atoms with Gasteiger partial charge in [0, 0.05) is 45.0 Å². The number of amides is 3. The van der Waals surface area contributed by atoms with Gasteiger partial charge < -0.3 is 19.8 Å². The van der Waals surface area contributed by atoms with E-state index in [2.05, 4.69) is 4.98 Å². The number of aliphatic carboxylic acids is 1. The summed E-state index contributed by atoms with van der Waals surface area (Å²) in [6.07, 6.45) is 1.98. The Hall–Kier alpha value is -2.85. The fourth-order valence-corrected chi connectivity index (χ4v) is 4.15. The maximum absolute atomic E-state index is 12.7. The number of aromatic nitrogens is 1. The third-order valence-corrected chi connectivity index (χ3v) is 5.58. The lowest BCUT2D eigenvalue weighted by atomic mass is 10.1. The monoisotopic (exact) mass is 428 g/mol. The van der Waals surface area contributed by atoms with Crippen LogP contribution >= 0.6 is 0 Å². The molecular formula is C19H23F3N4O4. The van der Waals surface area contributed by atoms with E-state index in [-0.39, 0.29) is 24.0 Å². The number of carbonyl (C=O) groups is 3. The normalized spacial score (nSPS) is 23.3. The number of carboxylic acids is 1.